The summed E-state index contributed by atoms with van der Waals surface area (Å²) in [5.74, 6) is -7.13. The lowest BCUT2D eigenvalue weighted by Gasteiger charge is -2.26. The summed E-state index contributed by atoms with van der Waals surface area (Å²) >= 11 is 0. The van der Waals surface area contributed by atoms with Crippen molar-refractivity contribution in [3.8, 4) is 11.6 Å². The second-order valence-electron chi connectivity index (χ2n) is 5.35. The predicted molar refractivity (Wildman–Crippen MR) is 75.4 cm³/mol. The fourth-order valence-electron chi connectivity index (χ4n) is 2.17. The largest absolute Gasteiger partial charge is 0.573 e. The molecule has 0 aliphatic carbocycles. The molecule has 2 N–H and O–H groups in total. The van der Waals surface area contributed by atoms with Crippen molar-refractivity contribution in [1.82, 2.24) is 15.6 Å². The minimum absolute atomic E-state index is 0.390. The molecule has 1 aromatic heterocycles. The quantitative estimate of drug-likeness (QED) is 0.749. The monoisotopic (exact) mass is 369 g/mol. The van der Waals surface area contributed by atoms with Crippen LogP contribution in [-0.4, -0.2) is 48.9 Å². The zero-order chi connectivity index (χ0) is 18.5. The first kappa shape index (κ1) is 19.2. The van der Waals surface area contributed by atoms with Gasteiger partial charge < -0.3 is 20.1 Å². The van der Waals surface area contributed by atoms with Crippen molar-refractivity contribution in [1.29, 1.82) is 0 Å². The molecule has 25 heavy (non-hydrogen) atoms. The molecule has 1 saturated heterocycles. The van der Waals surface area contributed by atoms with Crippen molar-refractivity contribution in [2.45, 2.75) is 31.2 Å². The van der Waals surface area contributed by atoms with Crippen molar-refractivity contribution < 1.29 is 36.2 Å². The van der Waals surface area contributed by atoms with Crippen LogP contribution in [0.1, 0.15) is 12.8 Å². The van der Waals surface area contributed by atoms with E-state index >= 15 is 0 Å². The smallest absolute Gasteiger partial charge is 0.468 e. The summed E-state index contributed by atoms with van der Waals surface area (Å²) in [5, 5.41) is 5.23. The van der Waals surface area contributed by atoms with Gasteiger partial charge in [-0.25, -0.2) is 4.98 Å². The minimum Gasteiger partial charge on any atom is -0.468 e. The van der Waals surface area contributed by atoms with Crippen LogP contribution in [0.3, 0.4) is 0 Å². The van der Waals surface area contributed by atoms with E-state index in [4.69, 9.17) is 0 Å². The summed E-state index contributed by atoms with van der Waals surface area (Å²) in [4.78, 5) is 15.1. The standard InChI is InChI=1S/C14H16F5N3O3/c15-13(16,12(23)22-9-3-6-20-7-4-9)8-24-11-10(2-1-5-21-11)25-14(17,18)19/h1-2,5,9,20H,3-4,6-8H2,(H,22,23). The second-order valence-corrected chi connectivity index (χ2v) is 5.35. The van der Waals surface area contributed by atoms with E-state index in [1.165, 1.54) is 0 Å². The number of aromatic nitrogens is 1. The van der Waals surface area contributed by atoms with Gasteiger partial charge in [-0.2, -0.15) is 8.78 Å². The summed E-state index contributed by atoms with van der Waals surface area (Å²) in [6.45, 7) is -0.271. The Morgan fingerprint density at radius 3 is 2.60 bits per heavy atom. The van der Waals surface area contributed by atoms with Gasteiger partial charge >= 0.3 is 12.3 Å². The fourth-order valence-corrected chi connectivity index (χ4v) is 2.17. The van der Waals surface area contributed by atoms with E-state index in [1.807, 2.05) is 0 Å². The maximum Gasteiger partial charge on any atom is 0.573 e. The zero-order valence-corrected chi connectivity index (χ0v) is 12.9. The van der Waals surface area contributed by atoms with E-state index in [2.05, 4.69) is 25.1 Å². The molecule has 6 nitrogen and oxygen atoms in total. The van der Waals surface area contributed by atoms with Gasteiger partial charge in [0.1, 0.15) is 0 Å². The first-order valence-corrected chi connectivity index (χ1v) is 7.40. The third kappa shape index (κ3) is 6.00. The number of nitrogens with one attached hydrogen (secondary N) is 2. The molecular formula is C14H16F5N3O3. The second kappa shape index (κ2) is 7.81. The van der Waals surface area contributed by atoms with Gasteiger partial charge in [-0.3, -0.25) is 4.79 Å². The van der Waals surface area contributed by atoms with Gasteiger partial charge in [0.05, 0.1) is 0 Å². The highest BCUT2D eigenvalue weighted by atomic mass is 19.4. The van der Waals surface area contributed by atoms with Crippen molar-refractivity contribution in [3.05, 3.63) is 18.3 Å². The van der Waals surface area contributed by atoms with Gasteiger partial charge in [-0.15, -0.1) is 13.2 Å². The number of hydrogen-bond donors (Lipinski definition) is 2. The molecule has 0 spiro atoms. The maximum atomic E-state index is 13.9. The Morgan fingerprint density at radius 1 is 1.28 bits per heavy atom. The van der Waals surface area contributed by atoms with Crippen molar-refractivity contribution in [2.24, 2.45) is 0 Å². The zero-order valence-electron chi connectivity index (χ0n) is 12.9. The molecule has 11 heteroatoms. The molecule has 0 saturated carbocycles. The van der Waals surface area contributed by atoms with E-state index in [-0.39, 0.29) is 0 Å². The van der Waals surface area contributed by atoms with Gasteiger partial charge in [0, 0.05) is 12.2 Å². The highest BCUT2D eigenvalue weighted by Crippen LogP contribution is 2.30. The number of alkyl halides is 5. The molecular weight excluding hydrogens is 353 g/mol. The molecule has 0 aromatic carbocycles. The highest BCUT2D eigenvalue weighted by molar-refractivity contribution is 5.83. The SMILES string of the molecule is O=C(NC1CCNCC1)C(F)(F)COc1ncccc1OC(F)(F)F. The van der Waals surface area contributed by atoms with Gasteiger partial charge in [0.15, 0.2) is 12.4 Å². The van der Waals surface area contributed by atoms with Crippen LogP contribution in [0.15, 0.2) is 18.3 Å². The average Bonchev–Trinajstić information content (AvgIpc) is 2.53. The molecule has 0 atom stereocenters. The number of nitrogens with zero attached hydrogens (tertiary/aromatic N) is 1. The Balaban J connectivity index is 1.95. The first-order chi connectivity index (χ1) is 11.7. The Bertz CT molecular complexity index is 591. The van der Waals surface area contributed by atoms with Crippen LogP contribution in [0.4, 0.5) is 22.0 Å². The molecule has 0 bridgehead atoms. The predicted octanol–water partition coefficient (Wildman–Crippen LogP) is 1.86. The van der Waals surface area contributed by atoms with Crippen LogP contribution in [0, 0.1) is 0 Å². The van der Waals surface area contributed by atoms with Gasteiger partial charge in [0.25, 0.3) is 11.8 Å². The van der Waals surface area contributed by atoms with Crippen LogP contribution in [0.2, 0.25) is 0 Å². The molecule has 1 aliphatic heterocycles. The number of carbonyl (C=O) groups is 1. The van der Waals surface area contributed by atoms with E-state index in [9.17, 15) is 26.7 Å². The van der Waals surface area contributed by atoms with Crippen LogP contribution < -0.4 is 20.1 Å². The van der Waals surface area contributed by atoms with Crippen molar-refractivity contribution >= 4 is 5.91 Å². The topological polar surface area (TPSA) is 72.5 Å². The van der Waals surface area contributed by atoms with Crippen molar-refractivity contribution in [3.63, 3.8) is 0 Å². The summed E-state index contributed by atoms with van der Waals surface area (Å²) in [7, 11) is 0. The summed E-state index contributed by atoms with van der Waals surface area (Å²) in [6.07, 6.45) is -2.97. The van der Waals surface area contributed by atoms with Crippen LogP contribution in [-0.2, 0) is 4.79 Å². The molecule has 0 unspecified atom stereocenters. The molecule has 1 aromatic rings. The number of amides is 1. The fraction of sp³-hybridized carbons (Fsp3) is 0.571. The Labute approximate surface area is 139 Å². The number of carbonyl (C=O) groups excluding carboxylic acids is 1. The summed E-state index contributed by atoms with van der Waals surface area (Å²) in [6, 6.07) is 1.59. The molecule has 1 fully saturated rings. The number of rotatable bonds is 6. The Hall–Kier alpha value is -2.17. The van der Waals surface area contributed by atoms with Gasteiger partial charge in [-0.05, 0) is 38.1 Å². The normalized spacial score (nSPS) is 16.4. The molecule has 2 heterocycles. The molecule has 2 rings (SSSR count). The van der Waals surface area contributed by atoms with E-state index in [0.717, 1.165) is 18.3 Å². The summed E-state index contributed by atoms with van der Waals surface area (Å²) in [5.41, 5.74) is 0. The average molecular weight is 369 g/mol. The number of hydrogen-bond acceptors (Lipinski definition) is 5. The Morgan fingerprint density at radius 2 is 1.96 bits per heavy atom. The van der Waals surface area contributed by atoms with Crippen LogP contribution in [0.5, 0.6) is 11.6 Å². The lowest BCUT2D eigenvalue weighted by Crippen LogP contribution is -2.50. The van der Waals surface area contributed by atoms with Crippen LogP contribution in [0.25, 0.3) is 0 Å². The third-order valence-electron chi connectivity index (χ3n) is 3.36. The van der Waals surface area contributed by atoms with Crippen LogP contribution >= 0.6 is 0 Å². The van der Waals surface area contributed by atoms with Crippen molar-refractivity contribution in [2.75, 3.05) is 19.7 Å². The van der Waals surface area contributed by atoms with E-state index < -0.39 is 42.5 Å². The maximum absolute atomic E-state index is 13.9. The number of ether oxygens (including phenoxy) is 2. The summed E-state index contributed by atoms with van der Waals surface area (Å²) < 4.78 is 72.8. The van der Waals surface area contributed by atoms with E-state index in [1.54, 1.807) is 0 Å². The van der Waals surface area contributed by atoms with E-state index in [0.29, 0.717) is 25.9 Å². The first-order valence-electron chi connectivity index (χ1n) is 7.40. The number of halogens is 5. The lowest BCUT2D eigenvalue weighted by molar-refractivity contribution is -0.275. The molecule has 1 amide bonds. The minimum atomic E-state index is -5.03. The number of pyridine rings is 1. The molecule has 0 radical (unpaired) electrons. The number of piperidine rings is 1. The Kier molecular flexibility index (Phi) is 5.98. The molecule has 1 aliphatic rings. The molecule has 140 valence electrons. The van der Waals surface area contributed by atoms with Gasteiger partial charge in [-0.1, -0.05) is 0 Å². The highest BCUT2D eigenvalue weighted by Gasteiger charge is 2.41. The third-order valence-corrected chi connectivity index (χ3v) is 3.36. The van der Waals surface area contributed by atoms with Gasteiger partial charge in [0.2, 0.25) is 0 Å². The lowest BCUT2D eigenvalue weighted by atomic mass is 10.1.